The molecule has 2 rings (SSSR count). The molecule has 26 heavy (non-hydrogen) atoms. The summed E-state index contributed by atoms with van der Waals surface area (Å²) in [5, 5.41) is 8.73. The maximum Gasteiger partial charge on any atom is 0.303 e. The Kier molecular flexibility index (Phi) is 11.3. The van der Waals surface area contributed by atoms with E-state index in [1.54, 1.807) is 6.20 Å². The van der Waals surface area contributed by atoms with E-state index in [0.717, 1.165) is 11.1 Å². The van der Waals surface area contributed by atoms with Crippen LogP contribution in [-0.2, 0) is 16.0 Å². The standard InChI is InChI=1S/C16H17NO2.C2H6N2O.C2H6/c1-11-4-3-5-12(2)16(11)14-8-13(9-17-10-14)6-7-15(18)19;3-1-2(4)5;1-2/h3-5,8-10H,6-7H2,1-2H3,(H,18,19);1,3H2,(H2,4,5);1-2H3. The van der Waals surface area contributed by atoms with Crippen LogP contribution in [0.5, 0.6) is 0 Å². The molecule has 5 N–H and O–H groups in total. The van der Waals surface area contributed by atoms with Crippen LogP contribution in [0.1, 0.15) is 37.0 Å². The van der Waals surface area contributed by atoms with E-state index in [0.29, 0.717) is 6.42 Å². The molecule has 1 aromatic carbocycles. The summed E-state index contributed by atoms with van der Waals surface area (Å²) in [6.45, 7) is 8.10. The van der Waals surface area contributed by atoms with Crippen LogP contribution in [0.2, 0.25) is 0 Å². The Labute approximate surface area is 155 Å². The van der Waals surface area contributed by atoms with Gasteiger partial charge in [-0.2, -0.15) is 0 Å². The molecule has 1 amide bonds. The van der Waals surface area contributed by atoms with Gasteiger partial charge in [-0.05, 0) is 48.6 Å². The second-order valence-corrected chi connectivity index (χ2v) is 5.41. The van der Waals surface area contributed by atoms with Crippen LogP contribution < -0.4 is 11.5 Å². The molecule has 6 heteroatoms. The number of pyridine rings is 1. The number of aromatic nitrogens is 1. The third-order valence-electron chi connectivity index (χ3n) is 3.39. The first-order chi connectivity index (χ1) is 12.3. The maximum atomic E-state index is 10.6. The molecule has 0 saturated heterocycles. The highest BCUT2D eigenvalue weighted by Gasteiger charge is 2.07. The summed E-state index contributed by atoms with van der Waals surface area (Å²) in [5.41, 5.74) is 14.8. The minimum absolute atomic E-state index is 0.0556. The number of amides is 1. The Morgan fingerprint density at radius 2 is 1.65 bits per heavy atom. The number of carboxylic acids is 1. The Bertz CT molecular complexity index is 695. The molecular weight excluding hydrogens is 330 g/mol. The highest BCUT2D eigenvalue weighted by Crippen LogP contribution is 2.27. The number of nitrogens with two attached hydrogens (primary N) is 2. The smallest absolute Gasteiger partial charge is 0.303 e. The second kappa shape index (κ2) is 12.6. The monoisotopic (exact) mass is 359 g/mol. The fraction of sp³-hybridized carbons (Fsp3) is 0.350. The van der Waals surface area contributed by atoms with Gasteiger partial charge in [-0.15, -0.1) is 0 Å². The highest BCUT2D eigenvalue weighted by molar-refractivity contribution is 5.75. The molecule has 0 spiro atoms. The van der Waals surface area contributed by atoms with Crippen LogP contribution in [0.4, 0.5) is 0 Å². The van der Waals surface area contributed by atoms with Crippen LogP contribution in [0.25, 0.3) is 11.1 Å². The van der Waals surface area contributed by atoms with E-state index in [4.69, 9.17) is 10.8 Å². The molecule has 0 atom stereocenters. The average Bonchev–Trinajstić information content (AvgIpc) is 2.62. The number of nitrogens with zero attached hydrogens (tertiary/aromatic N) is 1. The maximum absolute atomic E-state index is 10.6. The van der Waals surface area contributed by atoms with Gasteiger partial charge < -0.3 is 16.6 Å². The van der Waals surface area contributed by atoms with Crippen molar-refractivity contribution in [1.82, 2.24) is 4.98 Å². The van der Waals surface area contributed by atoms with E-state index in [1.165, 1.54) is 16.7 Å². The molecule has 142 valence electrons. The van der Waals surface area contributed by atoms with Gasteiger partial charge in [0.15, 0.2) is 0 Å². The Morgan fingerprint density at radius 1 is 1.12 bits per heavy atom. The van der Waals surface area contributed by atoms with Crippen molar-refractivity contribution in [3.63, 3.8) is 0 Å². The first kappa shape index (κ1) is 23.3. The molecule has 1 aromatic heterocycles. The van der Waals surface area contributed by atoms with Gasteiger partial charge in [0.05, 0.1) is 6.54 Å². The predicted octanol–water partition coefficient (Wildman–Crippen LogP) is 2.84. The van der Waals surface area contributed by atoms with Crippen LogP contribution in [-0.4, -0.2) is 28.5 Å². The van der Waals surface area contributed by atoms with Crippen molar-refractivity contribution >= 4 is 11.9 Å². The van der Waals surface area contributed by atoms with E-state index in [1.807, 2.05) is 32.2 Å². The first-order valence-electron chi connectivity index (χ1n) is 8.55. The summed E-state index contributed by atoms with van der Waals surface area (Å²) < 4.78 is 0. The van der Waals surface area contributed by atoms with E-state index in [-0.39, 0.29) is 13.0 Å². The number of carbonyl (C=O) groups is 2. The summed E-state index contributed by atoms with van der Waals surface area (Å²) in [7, 11) is 0. The van der Waals surface area contributed by atoms with Crippen LogP contribution in [0.15, 0.2) is 36.7 Å². The van der Waals surface area contributed by atoms with Crippen LogP contribution >= 0.6 is 0 Å². The summed E-state index contributed by atoms with van der Waals surface area (Å²) in [4.78, 5) is 24.3. The summed E-state index contributed by atoms with van der Waals surface area (Å²) in [5.74, 6) is -1.25. The minimum atomic E-state index is -0.780. The minimum Gasteiger partial charge on any atom is -0.481 e. The Balaban J connectivity index is 0.000000772. The lowest BCUT2D eigenvalue weighted by Gasteiger charge is -2.10. The zero-order valence-electron chi connectivity index (χ0n) is 16.0. The molecule has 1 heterocycles. The number of aryl methyl sites for hydroxylation is 3. The Morgan fingerprint density at radius 3 is 2.12 bits per heavy atom. The lowest BCUT2D eigenvalue weighted by Crippen LogP contribution is -2.21. The van der Waals surface area contributed by atoms with E-state index in [2.05, 4.69) is 36.7 Å². The number of hydrogen-bond donors (Lipinski definition) is 3. The first-order valence-corrected chi connectivity index (χ1v) is 8.55. The molecule has 0 fully saturated rings. The van der Waals surface area contributed by atoms with Crippen molar-refractivity contribution in [2.45, 2.75) is 40.5 Å². The normalized spacial score (nSPS) is 9.27. The molecule has 0 aliphatic carbocycles. The van der Waals surface area contributed by atoms with Crippen molar-refractivity contribution < 1.29 is 14.7 Å². The van der Waals surface area contributed by atoms with Gasteiger partial charge in [0.25, 0.3) is 0 Å². The van der Waals surface area contributed by atoms with Crippen LogP contribution in [0, 0.1) is 13.8 Å². The number of rotatable bonds is 5. The highest BCUT2D eigenvalue weighted by atomic mass is 16.4. The SMILES string of the molecule is CC.Cc1cccc(C)c1-c1cncc(CCC(=O)O)c1.NCC(N)=O. The number of carboxylic acid groups (broad SMARTS) is 1. The zero-order valence-corrected chi connectivity index (χ0v) is 16.0. The van der Waals surface area contributed by atoms with Gasteiger partial charge in [0.1, 0.15) is 0 Å². The van der Waals surface area contributed by atoms with Gasteiger partial charge in [0, 0.05) is 24.4 Å². The molecule has 6 nitrogen and oxygen atoms in total. The van der Waals surface area contributed by atoms with Crippen molar-refractivity contribution in [2.24, 2.45) is 11.5 Å². The van der Waals surface area contributed by atoms with E-state index >= 15 is 0 Å². The number of primary amides is 1. The molecule has 0 aliphatic rings. The van der Waals surface area contributed by atoms with Crippen molar-refractivity contribution in [1.29, 1.82) is 0 Å². The third-order valence-corrected chi connectivity index (χ3v) is 3.39. The lowest BCUT2D eigenvalue weighted by atomic mass is 9.96. The number of carbonyl (C=O) groups excluding carboxylic acids is 1. The molecule has 0 radical (unpaired) electrons. The third kappa shape index (κ3) is 8.39. The Hall–Kier alpha value is -2.73. The summed E-state index contributed by atoms with van der Waals surface area (Å²) >= 11 is 0. The fourth-order valence-electron chi connectivity index (χ4n) is 2.28. The molecule has 2 aromatic rings. The van der Waals surface area contributed by atoms with Gasteiger partial charge in [-0.1, -0.05) is 32.0 Å². The molecule has 0 saturated carbocycles. The zero-order chi connectivity index (χ0) is 20.1. The van der Waals surface area contributed by atoms with Crippen molar-refractivity contribution in [3.05, 3.63) is 53.3 Å². The molecular formula is C20H29N3O3. The average molecular weight is 359 g/mol. The number of hydrogen-bond acceptors (Lipinski definition) is 4. The number of benzene rings is 1. The van der Waals surface area contributed by atoms with E-state index < -0.39 is 11.9 Å². The predicted molar refractivity (Wildman–Crippen MR) is 105 cm³/mol. The van der Waals surface area contributed by atoms with Crippen LogP contribution in [0.3, 0.4) is 0 Å². The molecule has 0 aliphatic heterocycles. The molecule has 0 unspecified atom stereocenters. The van der Waals surface area contributed by atoms with Crippen molar-refractivity contribution in [3.8, 4) is 11.1 Å². The van der Waals surface area contributed by atoms with Gasteiger partial charge in [-0.25, -0.2) is 0 Å². The van der Waals surface area contributed by atoms with Gasteiger partial charge in [0.2, 0.25) is 5.91 Å². The summed E-state index contributed by atoms with van der Waals surface area (Å²) in [6.07, 6.45) is 4.22. The summed E-state index contributed by atoms with van der Waals surface area (Å²) in [6, 6.07) is 8.22. The largest absolute Gasteiger partial charge is 0.481 e. The lowest BCUT2D eigenvalue weighted by molar-refractivity contribution is -0.137. The molecule has 0 bridgehead atoms. The van der Waals surface area contributed by atoms with E-state index in [9.17, 15) is 9.59 Å². The van der Waals surface area contributed by atoms with Crippen molar-refractivity contribution in [2.75, 3.05) is 6.54 Å². The van der Waals surface area contributed by atoms with Gasteiger partial charge >= 0.3 is 5.97 Å². The fourth-order valence-corrected chi connectivity index (χ4v) is 2.28. The second-order valence-electron chi connectivity index (χ2n) is 5.41. The number of aliphatic carboxylic acids is 1. The van der Waals surface area contributed by atoms with Gasteiger partial charge in [-0.3, -0.25) is 14.6 Å². The topological polar surface area (TPSA) is 119 Å². The quantitative estimate of drug-likeness (QED) is 0.758.